The number of hydrogen-bond acceptors (Lipinski definition) is 3. The van der Waals surface area contributed by atoms with Crippen molar-refractivity contribution in [3.63, 3.8) is 0 Å². The molecule has 2 atom stereocenters. The number of rotatable bonds is 5. The van der Waals surface area contributed by atoms with Crippen molar-refractivity contribution in [2.24, 2.45) is 5.92 Å². The predicted octanol–water partition coefficient (Wildman–Crippen LogP) is 2.03. The maximum absolute atomic E-state index is 12.2. The van der Waals surface area contributed by atoms with Crippen LogP contribution in [0, 0.1) is 5.92 Å². The van der Waals surface area contributed by atoms with Gasteiger partial charge in [0.25, 0.3) is 0 Å². The number of hydrogen-bond donors (Lipinski definition) is 2. The van der Waals surface area contributed by atoms with Crippen molar-refractivity contribution < 1.29 is 9.59 Å². The molecule has 0 saturated carbocycles. The third-order valence-electron chi connectivity index (χ3n) is 5.63. The molecule has 2 unspecified atom stereocenters. The highest BCUT2D eigenvalue weighted by Gasteiger charge is 2.34. The van der Waals surface area contributed by atoms with E-state index in [4.69, 9.17) is 0 Å². The van der Waals surface area contributed by atoms with E-state index in [-0.39, 0.29) is 24.2 Å². The maximum atomic E-state index is 12.2. The van der Waals surface area contributed by atoms with Crippen molar-refractivity contribution in [1.29, 1.82) is 0 Å². The van der Waals surface area contributed by atoms with Crippen LogP contribution in [0.4, 0.5) is 5.69 Å². The Hall–Kier alpha value is -1.59. The molecule has 3 aliphatic heterocycles. The SMILES string of the molecule is Cl.O=C(CC1CC2CCC(C1)N2)NCCN1C(=O)Cc2ccccc21. The highest BCUT2D eigenvalue weighted by molar-refractivity contribution is 6.01. The van der Waals surface area contributed by atoms with Crippen LogP contribution in [0.5, 0.6) is 0 Å². The molecular formula is C19H26ClN3O2. The minimum absolute atomic E-state index is 0. The number of fused-ring (bicyclic) bond motifs is 3. The summed E-state index contributed by atoms with van der Waals surface area (Å²) in [7, 11) is 0. The quantitative estimate of drug-likeness (QED) is 0.841. The molecule has 3 aliphatic rings. The van der Waals surface area contributed by atoms with Crippen LogP contribution in [0.25, 0.3) is 0 Å². The Morgan fingerprint density at radius 1 is 1.20 bits per heavy atom. The Balaban J connectivity index is 0.00000182. The Morgan fingerprint density at radius 3 is 2.68 bits per heavy atom. The summed E-state index contributed by atoms with van der Waals surface area (Å²) in [6, 6.07) is 9.14. The molecule has 136 valence electrons. The average molecular weight is 364 g/mol. The lowest BCUT2D eigenvalue weighted by atomic mass is 9.89. The highest BCUT2D eigenvalue weighted by Crippen LogP contribution is 2.32. The second-order valence-electron chi connectivity index (χ2n) is 7.38. The van der Waals surface area contributed by atoms with Gasteiger partial charge in [-0.25, -0.2) is 0 Å². The summed E-state index contributed by atoms with van der Waals surface area (Å²) in [6.45, 7) is 1.08. The summed E-state index contributed by atoms with van der Waals surface area (Å²) in [5, 5.41) is 6.62. The third-order valence-corrected chi connectivity index (χ3v) is 5.63. The van der Waals surface area contributed by atoms with Gasteiger partial charge in [-0.3, -0.25) is 9.59 Å². The smallest absolute Gasteiger partial charge is 0.231 e. The van der Waals surface area contributed by atoms with Gasteiger partial charge in [0.1, 0.15) is 0 Å². The Labute approximate surface area is 154 Å². The number of amides is 2. The third kappa shape index (κ3) is 3.98. The molecule has 6 heteroatoms. The van der Waals surface area contributed by atoms with Gasteiger partial charge in [0, 0.05) is 37.3 Å². The Kier molecular flexibility index (Phi) is 5.64. The predicted molar refractivity (Wildman–Crippen MR) is 100 cm³/mol. The molecule has 1 aromatic carbocycles. The van der Waals surface area contributed by atoms with Crippen molar-refractivity contribution in [1.82, 2.24) is 10.6 Å². The summed E-state index contributed by atoms with van der Waals surface area (Å²) >= 11 is 0. The molecule has 0 spiro atoms. The lowest BCUT2D eigenvalue weighted by Crippen LogP contribution is -2.41. The van der Waals surface area contributed by atoms with E-state index in [1.54, 1.807) is 4.90 Å². The van der Waals surface area contributed by atoms with Crippen molar-refractivity contribution in [2.75, 3.05) is 18.0 Å². The molecule has 1 aromatic rings. The lowest BCUT2D eigenvalue weighted by molar-refractivity contribution is -0.122. The van der Waals surface area contributed by atoms with E-state index in [1.165, 1.54) is 12.8 Å². The first-order valence-corrected chi connectivity index (χ1v) is 9.10. The summed E-state index contributed by atoms with van der Waals surface area (Å²) in [5.41, 5.74) is 2.07. The van der Waals surface area contributed by atoms with Gasteiger partial charge in [-0.15, -0.1) is 12.4 Å². The molecule has 2 saturated heterocycles. The normalized spacial score (nSPS) is 27.0. The fourth-order valence-corrected chi connectivity index (χ4v) is 4.54. The van der Waals surface area contributed by atoms with E-state index in [9.17, 15) is 9.59 Å². The van der Waals surface area contributed by atoms with Gasteiger partial charge >= 0.3 is 0 Å². The molecule has 4 rings (SSSR count). The average Bonchev–Trinajstić information content (AvgIpc) is 3.07. The number of nitrogens with one attached hydrogen (secondary N) is 2. The van der Waals surface area contributed by atoms with Crippen LogP contribution in [-0.4, -0.2) is 37.0 Å². The minimum Gasteiger partial charge on any atom is -0.354 e. The Morgan fingerprint density at radius 2 is 1.92 bits per heavy atom. The van der Waals surface area contributed by atoms with Crippen molar-refractivity contribution in [3.8, 4) is 0 Å². The van der Waals surface area contributed by atoms with Crippen LogP contribution in [0.3, 0.4) is 0 Å². The largest absolute Gasteiger partial charge is 0.354 e. The van der Waals surface area contributed by atoms with E-state index in [1.807, 2.05) is 24.3 Å². The molecule has 2 fully saturated rings. The van der Waals surface area contributed by atoms with E-state index < -0.39 is 0 Å². The zero-order valence-electron chi connectivity index (χ0n) is 14.4. The number of carbonyl (C=O) groups is 2. The van der Waals surface area contributed by atoms with E-state index in [0.717, 1.165) is 24.1 Å². The van der Waals surface area contributed by atoms with Crippen LogP contribution in [0.15, 0.2) is 24.3 Å². The van der Waals surface area contributed by atoms with Crippen LogP contribution in [0.2, 0.25) is 0 Å². The highest BCUT2D eigenvalue weighted by atomic mass is 35.5. The van der Waals surface area contributed by atoms with E-state index in [0.29, 0.717) is 43.9 Å². The van der Waals surface area contributed by atoms with E-state index in [2.05, 4.69) is 10.6 Å². The van der Waals surface area contributed by atoms with Crippen LogP contribution in [-0.2, 0) is 16.0 Å². The first-order chi connectivity index (χ1) is 11.7. The minimum atomic E-state index is 0. The zero-order valence-corrected chi connectivity index (χ0v) is 15.2. The van der Waals surface area contributed by atoms with E-state index >= 15 is 0 Å². The van der Waals surface area contributed by atoms with Gasteiger partial charge in [-0.1, -0.05) is 18.2 Å². The number of piperidine rings is 1. The molecular weight excluding hydrogens is 338 g/mol. The maximum Gasteiger partial charge on any atom is 0.231 e. The number of nitrogens with zero attached hydrogens (tertiary/aromatic N) is 1. The second-order valence-corrected chi connectivity index (χ2v) is 7.38. The number of carbonyl (C=O) groups excluding carboxylic acids is 2. The number of benzene rings is 1. The van der Waals surface area contributed by atoms with Gasteiger partial charge in [0.05, 0.1) is 6.42 Å². The molecule has 0 aliphatic carbocycles. The van der Waals surface area contributed by atoms with Crippen molar-refractivity contribution in [3.05, 3.63) is 29.8 Å². The van der Waals surface area contributed by atoms with Gasteiger partial charge in [0.2, 0.25) is 11.8 Å². The fraction of sp³-hybridized carbons (Fsp3) is 0.579. The van der Waals surface area contributed by atoms with Crippen molar-refractivity contribution in [2.45, 2.75) is 50.6 Å². The summed E-state index contributed by atoms with van der Waals surface area (Å²) in [6.07, 6.45) is 5.88. The number of halogens is 1. The number of para-hydroxylation sites is 1. The molecule has 2 bridgehead atoms. The topological polar surface area (TPSA) is 61.4 Å². The second kappa shape index (κ2) is 7.75. The molecule has 0 aromatic heterocycles. The van der Waals surface area contributed by atoms with Gasteiger partial charge in [-0.2, -0.15) is 0 Å². The molecule has 2 amide bonds. The zero-order chi connectivity index (χ0) is 16.5. The molecule has 3 heterocycles. The van der Waals surface area contributed by atoms with Crippen LogP contribution in [0.1, 0.15) is 37.7 Å². The summed E-state index contributed by atoms with van der Waals surface area (Å²) in [5.74, 6) is 0.763. The first kappa shape index (κ1) is 18.2. The molecule has 0 radical (unpaired) electrons. The lowest BCUT2D eigenvalue weighted by Gasteiger charge is -2.28. The van der Waals surface area contributed by atoms with Gasteiger partial charge in [-0.05, 0) is 43.2 Å². The van der Waals surface area contributed by atoms with Crippen LogP contribution < -0.4 is 15.5 Å². The Bertz CT molecular complexity index is 639. The molecule has 5 nitrogen and oxygen atoms in total. The summed E-state index contributed by atoms with van der Waals surface area (Å²) < 4.78 is 0. The standard InChI is InChI=1S/C19H25N3O2.ClH/c23-18(11-13-9-15-5-6-16(10-13)21-15)20-7-8-22-17-4-2-1-3-14(17)12-19(22)24;/h1-4,13,15-16,21H,5-12H2,(H,20,23);1H. The number of anilines is 1. The van der Waals surface area contributed by atoms with Gasteiger partial charge in [0.15, 0.2) is 0 Å². The summed E-state index contributed by atoms with van der Waals surface area (Å²) in [4.78, 5) is 26.1. The molecule has 25 heavy (non-hydrogen) atoms. The van der Waals surface area contributed by atoms with Crippen LogP contribution >= 0.6 is 12.4 Å². The fourth-order valence-electron chi connectivity index (χ4n) is 4.54. The van der Waals surface area contributed by atoms with Crippen molar-refractivity contribution >= 4 is 29.9 Å². The molecule has 2 N–H and O–H groups in total. The first-order valence-electron chi connectivity index (χ1n) is 9.10. The van der Waals surface area contributed by atoms with Gasteiger partial charge < -0.3 is 15.5 Å². The monoisotopic (exact) mass is 363 g/mol.